The van der Waals surface area contributed by atoms with E-state index in [1.54, 1.807) is 66.6 Å². The van der Waals surface area contributed by atoms with Gasteiger partial charge in [0.25, 0.3) is 11.8 Å². The summed E-state index contributed by atoms with van der Waals surface area (Å²) < 4.78 is 21.9. The molecule has 3 aromatic carbocycles. The number of ether oxygens (including phenoxy) is 4. The number of fused-ring (bicyclic) bond motifs is 1. The number of nitrogens with zero attached hydrogens (tertiary/aromatic N) is 1. The average molecular weight is 448 g/mol. The Balaban J connectivity index is 1.37. The van der Waals surface area contributed by atoms with Crippen LogP contribution in [0.25, 0.3) is 0 Å². The van der Waals surface area contributed by atoms with Gasteiger partial charge >= 0.3 is 0 Å². The Morgan fingerprint density at radius 1 is 0.970 bits per heavy atom. The molecule has 8 nitrogen and oxygen atoms in total. The lowest BCUT2D eigenvalue weighted by Gasteiger charge is -2.29. The maximum absolute atomic E-state index is 12.5. The van der Waals surface area contributed by atoms with Crippen LogP contribution < -0.4 is 29.2 Å². The fourth-order valence-electron chi connectivity index (χ4n) is 3.31. The van der Waals surface area contributed by atoms with Gasteiger partial charge in [-0.25, -0.2) is 0 Å². The summed E-state index contributed by atoms with van der Waals surface area (Å²) in [5.74, 6) is 2.10. The van der Waals surface area contributed by atoms with Crippen molar-refractivity contribution in [3.63, 3.8) is 0 Å². The predicted octanol–water partition coefficient (Wildman–Crippen LogP) is 3.52. The van der Waals surface area contributed by atoms with E-state index in [1.165, 1.54) is 0 Å². The number of hydrogen-bond acceptors (Lipinski definition) is 6. The molecule has 4 rings (SSSR count). The molecule has 0 unspecified atom stereocenters. The summed E-state index contributed by atoms with van der Waals surface area (Å²) in [6.07, 6.45) is 0. The highest BCUT2D eigenvalue weighted by Gasteiger charge is 2.26. The van der Waals surface area contributed by atoms with Crippen LogP contribution in [0.1, 0.15) is 0 Å². The number of benzene rings is 3. The van der Waals surface area contributed by atoms with Gasteiger partial charge in [-0.1, -0.05) is 18.2 Å². The van der Waals surface area contributed by atoms with Crippen LogP contribution in [-0.2, 0) is 9.59 Å². The topological polar surface area (TPSA) is 86.3 Å². The number of nitrogens with one attached hydrogen (secondary N) is 1. The number of methoxy groups -OCH3 is 1. The van der Waals surface area contributed by atoms with Crippen molar-refractivity contribution in [3.05, 3.63) is 72.8 Å². The first kappa shape index (κ1) is 22.0. The molecule has 0 saturated carbocycles. The Labute approximate surface area is 191 Å². The smallest absolute Gasteiger partial charge is 0.265 e. The molecule has 0 fully saturated rings. The number of carbonyl (C=O) groups excluding carboxylic acids is 2. The Morgan fingerprint density at radius 3 is 2.45 bits per heavy atom. The Hall–Kier alpha value is -4.20. The lowest BCUT2D eigenvalue weighted by Crippen LogP contribution is -2.41. The molecule has 0 aliphatic carbocycles. The summed E-state index contributed by atoms with van der Waals surface area (Å²) in [6.45, 7) is 0.441. The van der Waals surface area contributed by atoms with Crippen LogP contribution in [0.3, 0.4) is 0 Å². The highest BCUT2D eigenvalue weighted by molar-refractivity contribution is 5.99. The summed E-state index contributed by atoms with van der Waals surface area (Å²) >= 11 is 0. The van der Waals surface area contributed by atoms with E-state index in [0.717, 1.165) is 5.75 Å². The lowest BCUT2D eigenvalue weighted by molar-refractivity contribution is -0.121. The van der Waals surface area contributed by atoms with Gasteiger partial charge in [0.15, 0.2) is 13.2 Å². The number of amides is 2. The molecule has 2 amide bonds. The van der Waals surface area contributed by atoms with Gasteiger partial charge in [0.1, 0.15) is 29.6 Å². The van der Waals surface area contributed by atoms with Gasteiger partial charge < -0.3 is 29.2 Å². The maximum Gasteiger partial charge on any atom is 0.265 e. The molecule has 3 aromatic rings. The van der Waals surface area contributed by atoms with Crippen molar-refractivity contribution in [3.8, 4) is 23.0 Å². The molecule has 1 aliphatic rings. The third kappa shape index (κ3) is 5.74. The fourth-order valence-corrected chi connectivity index (χ4v) is 3.31. The second kappa shape index (κ2) is 10.4. The largest absolute Gasteiger partial charge is 0.497 e. The summed E-state index contributed by atoms with van der Waals surface area (Å²) in [4.78, 5) is 26.4. The summed E-state index contributed by atoms with van der Waals surface area (Å²) in [7, 11) is 1.60. The van der Waals surface area contributed by atoms with Gasteiger partial charge in [-0.15, -0.1) is 0 Å². The SMILES string of the molecule is COc1ccc(OCCN2C(=O)COc3ccc(NC(=O)COc4ccccc4)cc32)cc1. The molecule has 1 aliphatic heterocycles. The Morgan fingerprint density at radius 2 is 1.70 bits per heavy atom. The molecule has 170 valence electrons. The number of para-hydroxylation sites is 1. The number of hydrogen-bond donors (Lipinski definition) is 1. The molecule has 0 saturated heterocycles. The van der Waals surface area contributed by atoms with Crippen LogP contribution in [0, 0.1) is 0 Å². The van der Waals surface area contributed by atoms with E-state index < -0.39 is 0 Å². The first-order valence-corrected chi connectivity index (χ1v) is 10.4. The molecule has 0 spiro atoms. The molecule has 0 atom stereocenters. The number of rotatable bonds is 9. The van der Waals surface area contributed by atoms with E-state index in [2.05, 4.69) is 5.32 Å². The van der Waals surface area contributed by atoms with E-state index in [4.69, 9.17) is 18.9 Å². The van der Waals surface area contributed by atoms with Crippen LogP contribution >= 0.6 is 0 Å². The minimum absolute atomic E-state index is 0.0494. The van der Waals surface area contributed by atoms with Gasteiger partial charge in [-0.2, -0.15) is 0 Å². The van der Waals surface area contributed by atoms with Crippen LogP contribution in [0.4, 0.5) is 11.4 Å². The summed E-state index contributed by atoms with van der Waals surface area (Å²) in [6, 6.07) is 21.5. The number of anilines is 2. The molecule has 8 heteroatoms. The van der Waals surface area contributed by atoms with Crippen molar-refractivity contribution in [1.29, 1.82) is 0 Å². The van der Waals surface area contributed by atoms with E-state index in [-0.39, 0.29) is 25.0 Å². The zero-order valence-corrected chi connectivity index (χ0v) is 18.2. The van der Waals surface area contributed by atoms with Crippen molar-refractivity contribution >= 4 is 23.2 Å². The van der Waals surface area contributed by atoms with Crippen molar-refractivity contribution in [1.82, 2.24) is 0 Å². The van der Waals surface area contributed by atoms with Crippen molar-refractivity contribution in [2.24, 2.45) is 0 Å². The fraction of sp³-hybridized carbons (Fsp3) is 0.200. The van der Waals surface area contributed by atoms with E-state index >= 15 is 0 Å². The molecular formula is C25H24N2O6. The normalized spacial score (nSPS) is 12.4. The molecule has 0 aromatic heterocycles. The minimum atomic E-state index is -0.309. The van der Waals surface area contributed by atoms with Crippen LogP contribution in [0.2, 0.25) is 0 Å². The third-order valence-electron chi connectivity index (χ3n) is 4.94. The average Bonchev–Trinajstić information content (AvgIpc) is 2.85. The van der Waals surface area contributed by atoms with E-state index in [0.29, 0.717) is 41.8 Å². The number of carbonyl (C=O) groups is 2. The quantitative estimate of drug-likeness (QED) is 0.539. The second-order valence-corrected chi connectivity index (χ2v) is 7.19. The van der Waals surface area contributed by atoms with E-state index in [9.17, 15) is 9.59 Å². The maximum atomic E-state index is 12.5. The second-order valence-electron chi connectivity index (χ2n) is 7.19. The molecule has 1 N–H and O–H groups in total. The standard InChI is InChI=1S/C25H24N2O6/c1-30-19-8-10-21(11-9-19)31-14-13-27-22-15-18(7-12-23(22)33-17-25(27)29)26-24(28)16-32-20-5-3-2-4-6-20/h2-12,15H,13-14,16-17H2,1H3,(H,26,28). The highest BCUT2D eigenvalue weighted by Crippen LogP contribution is 2.34. The van der Waals surface area contributed by atoms with Crippen molar-refractivity contribution < 1.29 is 28.5 Å². The van der Waals surface area contributed by atoms with Gasteiger partial charge in [-0.05, 0) is 54.6 Å². The molecule has 33 heavy (non-hydrogen) atoms. The monoisotopic (exact) mass is 448 g/mol. The van der Waals surface area contributed by atoms with Gasteiger partial charge in [0.2, 0.25) is 0 Å². The summed E-state index contributed by atoms with van der Waals surface area (Å²) in [5, 5.41) is 2.79. The third-order valence-corrected chi connectivity index (χ3v) is 4.94. The van der Waals surface area contributed by atoms with Crippen LogP contribution in [-0.4, -0.2) is 45.3 Å². The Bertz CT molecular complexity index is 1100. The summed E-state index contributed by atoms with van der Waals surface area (Å²) in [5.41, 5.74) is 1.11. The Kier molecular flexibility index (Phi) is 6.94. The lowest BCUT2D eigenvalue weighted by atomic mass is 10.2. The molecule has 0 bridgehead atoms. The molecule has 0 radical (unpaired) electrons. The van der Waals surface area contributed by atoms with Gasteiger partial charge in [0, 0.05) is 5.69 Å². The predicted molar refractivity (Wildman–Crippen MR) is 123 cm³/mol. The van der Waals surface area contributed by atoms with Crippen molar-refractivity contribution in [2.75, 3.05) is 43.7 Å². The first-order valence-electron chi connectivity index (χ1n) is 10.4. The minimum Gasteiger partial charge on any atom is -0.497 e. The zero-order chi connectivity index (χ0) is 23.0. The van der Waals surface area contributed by atoms with E-state index in [1.807, 2.05) is 18.2 Å². The first-order chi connectivity index (χ1) is 16.1. The molecule has 1 heterocycles. The van der Waals surface area contributed by atoms with Gasteiger partial charge in [-0.3, -0.25) is 9.59 Å². The molecular weight excluding hydrogens is 424 g/mol. The van der Waals surface area contributed by atoms with Crippen LogP contribution in [0.15, 0.2) is 72.8 Å². The zero-order valence-electron chi connectivity index (χ0n) is 18.2. The van der Waals surface area contributed by atoms with Crippen LogP contribution in [0.5, 0.6) is 23.0 Å². The van der Waals surface area contributed by atoms with Crippen molar-refractivity contribution in [2.45, 2.75) is 0 Å². The van der Waals surface area contributed by atoms with Gasteiger partial charge in [0.05, 0.1) is 19.3 Å². The highest BCUT2D eigenvalue weighted by atomic mass is 16.5.